The summed E-state index contributed by atoms with van der Waals surface area (Å²) in [7, 11) is 0. The molecule has 2 unspecified atom stereocenters. The van der Waals surface area contributed by atoms with Crippen LogP contribution < -0.4 is 11.1 Å². The first kappa shape index (κ1) is 27.7. The molecule has 0 bridgehead atoms. The Morgan fingerprint density at radius 1 is 1.26 bits per heavy atom. The van der Waals surface area contributed by atoms with Gasteiger partial charge in [-0.05, 0) is 18.6 Å². The van der Waals surface area contributed by atoms with E-state index in [1.54, 1.807) is 20.8 Å². The summed E-state index contributed by atoms with van der Waals surface area (Å²) in [5.74, 6) is -4.63. The fourth-order valence-corrected chi connectivity index (χ4v) is 4.35. The lowest BCUT2D eigenvalue weighted by Crippen LogP contribution is -2.45. The summed E-state index contributed by atoms with van der Waals surface area (Å²) in [6, 6.07) is 2.62. The molecule has 0 aromatic heterocycles. The molecule has 1 aliphatic heterocycles. The molecule has 5 N–H and O–H groups in total. The average molecular weight is 511 g/mol. The van der Waals surface area contributed by atoms with E-state index in [0.717, 1.165) is 22.7 Å². The molecular formula is C21H26N4O9S. The van der Waals surface area contributed by atoms with Gasteiger partial charge in [0.2, 0.25) is 11.6 Å². The molecule has 2 atom stereocenters. The van der Waals surface area contributed by atoms with Gasteiger partial charge in [0.1, 0.15) is 12.6 Å². The number of amides is 2. The molecule has 0 saturated carbocycles. The molecule has 1 saturated heterocycles. The highest BCUT2D eigenvalue weighted by Crippen LogP contribution is 2.40. The summed E-state index contributed by atoms with van der Waals surface area (Å²) < 4.78 is 0. The Labute approximate surface area is 204 Å². The van der Waals surface area contributed by atoms with Crippen LogP contribution in [0.1, 0.15) is 44.0 Å². The normalized spacial score (nSPS) is 18.1. The molecule has 190 valence electrons. The van der Waals surface area contributed by atoms with Crippen molar-refractivity contribution in [3.8, 4) is 0 Å². The van der Waals surface area contributed by atoms with Gasteiger partial charge in [-0.2, -0.15) is 0 Å². The van der Waals surface area contributed by atoms with E-state index in [9.17, 15) is 34.1 Å². The van der Waals surface area contributed by atoms with Crippen LogP contribution in [0.15, 0.2) is 23.1 Å². The minimum absolute atomic E-state index is 0.108. The summed E-state index contributed by atoms with van der Waals surface area (Å²) in [5, 5.41) is 32.0. The van der Waals surface area contributed by atoms with E-state index in [1.807, 2.05) is 0 Å². The number of carbonyl (C=O) groups is 5. The van der Waals surface area contributed by atoms with Crippen LogP contribution in [0.3, 0.4) is 0 Å². The van der Waals surface area contributed by atoms with E-state index in [0.29, 0.717) is 0 Å². The minimum atomic E-state index is -1.73. The zero-order valence-corrected chi connectivity index (χ0v) is 20.1. The Morgan fingerprint density at radius 2 is 1.89 bits per heavy atom. The monoisotopic (exact) mass is 510 g/mol. The Kier molecular flexibility index (Phi) is 8.23. The zero-order chi connectivity index (χ0) is 26.7. The van der Waals surface area contributed by atoms with Crippen LogP contribution in [-0.4, -0.2) is 73.6 Å². The van der Waals surface area contributed by atoms with Crippen molar-refractivity contribution in [2.45, 2.75) is 50.2 Å². The van der Waals surface area contributed by atoms with Crippen molar-refractivity contribution >= 4 is 47.0 Å². The number of nitrogens with one attached hydrogen (secondary N) is 1. The highest BCUT2D eigenvalue weighted by Gasteiger charge is 2.64. The highest BCUT2D eigenvalue weighted by molar-refractivity contribution is 7.99. The first-order valence-corrected chi connectivity index (χ1v) is 11.4. The standard InChI is InChI=1S/C21H26N4O9S/c1-20(2,3)17(29)11-4-6-14(13(8-11)25(33)34)35-10-21(19(32)24(21)9-16(27)28)23-15(26)7-5-12(22)18(30)31/h4,6,8,12H,5,7,9-10,22H2,1-3H3,(H,23,26)(H,27,28)(H,30,31). The molecule has 1 aromatic carbocycles. The number of thioether (sulfide) groups is 1. The second kappa shape index (κ2) is 10.4. The molecule has 13 nitrogen and oxygen atoms in total. The van der Waals surface area contributed by atoms with E-state index in [4.69, 9.17) is 15.9 Å². The molecule has 0 radical (unpaired) electrons. The van der Waals surface area contributed by atoms with Crippen LogP contribution in [0.25, 0.3) is 0 Å². The molecule has 0 spiro atoms. The van der Waals surface area contributed by atoms with Crippen LogP contribution in [0, 0.1) is 15.5 Å². The lowest BCUT2D eigenvalue weighted by molar-refractivity contribution is -0.387. The van der Waals surface area contributed by atoms with Gasteiger partial charge in [0, 0.05) is 23.5 Å². The molecule has 1 heterocycles. The summed E-state index contributed by atoms with van der Waals surface area (Å²) in [6.45, 7) is 4.31. The number of carboxylic acid groups (broad SMARTS) is 2. The van der Waals surface area contributed by atoms with Crippen LogP contribution in [0.5, 0.6) is 0 Å². The fraction of sp³-hybridized carbons (Fsp3) is 0.476. The van der Waals surface area contributed by atoms with Gasteiger partial charge in [-0.25, -0.2) is 0 Å². The van der Waals surface area contributed by atoms with E-state index in [1.165, 1.54) is 12.1 Å². The Hall–Kier alpha value is -3.52. The average Bonchev–Trinajstić information content (AvgIpc) is 3.28. The number of nitro groups is 1. The molecule has 1 fully saturated rings. The van der Waals surface area contributed by atoms with Crippen molar-refractivity contribution in [1.29, 1.82) is 0 Å². The lowest BCUT2D eigenvalue weighted by atomic mass is 9.86. The summed E-state index contributed by atoms with van der Waals surface area (Å²) in [5.41, 5.74) is 2.64. The first-order valence-electron chi connectivity index (χ1n) is 10.4. The number of Topliss-reactive ketones (excluding diaryl/α,β-unsaturated/α-hetero) is 1. The molecule has 0 aliphatic carbocycles. The minimum Gasteiger partial charge on any atom is -0.480 e. The van der Waals surface area contributed by atoms with Gasteiger partial charge in [-0.15, -0.1) is 11.8 Å². The number of carboxylic acids is 2. The SMILES string of the molecule is CC(C)(C)C(=O)c1ccc(SCC2(NC(=O)CCC(N)C(=O)O)C(=O)N2CC(=O)O)c([N+](=O)[O-])c1. The maximum atomic E-state index is 12.5. The van der Waals surface area contributed by atoms with Gasteiger partial charge in [-0.3, -0.25) is 39.0 Å². The lowest BCUT2D eigenvalue weighted by Gasteiger charge is -2.18. The number of hydrogen-bond acceptors (Lipinski definition) is 9. The quantitative estimate of drug-likeness (QED) is 0.102. The summed E-state index contributed by atoms with van der Waals surface area (Å²) in [4.78, 5) is 71.3. The predicted octanol–water partition coefficient (Wildman–Crippen LogP) is 0.847. The smallest absolute Gasteiger partial charge is 0.323 e. The molecule has 35 heavy (non-hydrogen) atoms. The van der Waals surface area contributed by atoms with Gasteiger partial charge < -0.3 is 21.3 Å². The number of nitrogens with two attached hydrogens (primary N) is 1. The number of carbonyl (C=O) groups excluding carboxylic acids is 3. The summed E-state index contributed by atoms with van der Waals surface area (Å²) in [6.07, 6.45) is -0.552. The third-order valence-corrected chi connectivity index (χ3v) is 6.40. The topological polar surface area (TPSA) is 210 Å². The Balaban J connectivity index is 2.25. The van der Waals surface area contributed by atoms with Crippen molar-refractivity contribution < 1.29 is 39.1 Å². The second-order valence-electron chi connectivity index (χ2n) is 8.98. The molecule has 2 amide bonds. The second-order valence-corrected chi connectivity index (χ2v) is 10.0. The van der Waals surface area contributed by atoms with Crippen molar-refractivity contribution in [3.63, 3.8) is 0 Å². The number of ketones is 1. The third-order valence-electron chi connectivity index (χ3n) is 5.18. The van der Waals surface area contributed by atoms with Gasteiger partial charge in [0.15, 0.2) is 5.78 Å². The maximum absolute atomic E-state index is 12.5. The molecular weight excluding hydrogens is 484 g/mol. The van der Waals surface area contributed by atoms with E-state index in [-0.39, 0.29) is 40.5 Å². The predicted molar refractivity (Wildman–Crippen MR) is 123 cm³/mol. The fourth-order valence-electron chi connectivity index (χ4n) is 3.19. The van der Waals surface area contributed by atoms with Gasteiger partial charge in [-0.1, -0.05) is 20.8 Å². The van der Waals surface area contributed by atoms with E-state index >= 15 is 0 Å². The largest absolute Gasteiger partial charge is 0.480 e. The highest BCUT2D eigenvalue weighted by atomic mass is 32.2. The van der Waals surface area contributed by atoms with Crippen molar-refractivity contribution in [1.82, 2.24) is 10.2 Å². The maximum Gasteiger partial charge on any atom is 0.323 e. The summed E-state index contributed by atoms with van der Waals surface area (Å²) >= 11 is 0.837. The third kappa shape index (κ3) is 6.54. The van der Waals surface area contributed by atoms with E-state index < -0.39 is 52.3 Å². The first-order chi connectivity index (χ1) is 16.1. The van der Waals surface area contributed by atoms with Gasteiger partial charge >= 0.3 is 11.9 Å². The van der Waals surface area contributed by atoms with Crippen LogP contribution in [0.4, 0.5) is 5.69 Å². The van der Waals surface area contributed by atoms with Crippen molar-refractivity contribution in [3.05, 3.63) is 33.9 Å². The number of benzene rings is 1. The molecule has 1 aromatic rings. The van der Waals surface area contributed by atoms with Gasteiger partial charge in [0.05, 0.1) is 15.6 Å². The van der Waals surface area contributed by atoms with Crippen LogP contribution in [0.2, 0.25) is 0 Å². The number of rotatable bonds is 12. The number of nitrogens with zero attached hydrogens (tertiary/aromatic N) is 2. The van der Waals surface area contributed by atoms with Crippen molar-refractivity contribution in [2.75, 3.05) is 12.3 Å². The number of nitro benzene ring substituents is 1. The van der Waals surface area contributed by atoms with Crippen molar-refractivity contribution in [2.24, 2.45) is 11.1 Å². The Bertz CT molecular complexity index is 1090. The molecule has 1 aliphatic rings. The zero-order valence-electron chi connectivity index (χ0n) is 19.3. The van der Waals surface area contributed by atoms with Gasteiger partial charge in [0.25, 0.3) is 11.6 Å². The van der Waals surface area contributed by atoms with Crippen LogP contribution >= 0.6 is 11.8 Å². The number of aliphatic carboxylic acids is 2. The number of hydrogen-bond donors (Lipinski definition) is 4. The Morgan fingerprint density at radius 3 is 2.40 bits per heavy atom. The van der Waals surface area contributed by atoms with E-state index in [2.05, 4.69) is 5.32 Å². The molecule has 2 rings (SSSR count). The van der Waals surface area contributed by atoms with Crippen LogP contribution in [-0.2, 0) is 19.2 Å². The molecule has 14 heteroatoms.